The average Bonchev–Trinajstić information content (AvgIpc) is 2.12. The molecule has 1 aliphatic rings. The summed E-state index contributed by atoms with van der Waals surface area (Å²) in [5, 5.41) is 8.86. The standard InChI is InChI=1S/C11H13NO2/c13-10(14)8-11(4-1-5-11)9-2-6-12-7-3-9/h2-3,6-7H,1,4-5,8H2,(H,13,14). The van der Waals surface area contributed by atoms with E-state index in [4.69, 9.17) is 5.11 Å². The van der Waals surface area contributed by atoms with Crippen LogP contribution in [-0.2, 0) is 10.2 Å². The van der Waals surface area contributed by atoms with Gasteiger partial charge in [0, 0.05) is 17.8 Å². The highest BCUT2D eigenvalue weighted by molar-refractivity contribution is 5.69. The van der Waals surface area contributed by atoms with E-state index in [2.05, 4.69) is 4.98 Å². The van der Waals surface area contributed by atoms with Crippen molar-refractivity contribution in [3.05, 3.63) is 30.1 Å². The molecule has 1 N–H and O–H groups in total. The monoisotopic (exact) mass is 191 g/mol. The Kier molecular flexibility index (Phi) is 2.23. The third kappa shape index (κ3) is 1.50. The Morgan fingerprint density at radius 3 is 2.50 bits per heavy atom. The first-order chi connectivity index (χ1) is 6.73. The Bertz CT molecular complexity index is 330. The summed E-state index contributed by atoms with van der Waals surface area (Å²) >= 11 is 0. The molecule has 0 bridgehead atoms. The van der Waals surface area contributed by atoms with E-state index in [-0.39, 0.29) is 11.8 Å². The number of hydrogen-bond donors (Lipinski definition) is 1. The van der Waals surface area contributed by atoms with E-state index in [1.165, 1.54) is 0 Å². The molecule has 0 radical (unpaired) electrons. The third-order valence-electron chi connectivity index (χ3n) is 3.09. The van der Waals surface area contributed by atoms with Gasteiger partial charge in [-0.05, 0) is 30.5 Å². The summed E-state index contributed by atoms with van der Waals surface area (Å²) in [6.07, 6.45) is 6.83. The first kappa shape index (κ1) is 9.19. The van der Waals surface area contributed by atoms with Crippen LogP contribution in [0.15, 0.2) is 24.5 Å². The maximum Gasteiger partial charge on any atom is 0.304 e. The molecule has 0 saturated heterocycles. The van der Waals surface area contributed by atoms with Gasteiger partial charge in [-0.25, -0.2) is 0 Å². The molecule has 1 saturated carbocycles. The molecule has 0 amide bonds. The van der Waals surface area contributed by atoms with Crippen LogP contribution in [0.2, 0.25) is 0 Å². The largest absolute Gasteiger partial charge is 0.481 e. The van der Waals surface area contributed by atoms with Crippen molar-refractivity contribution in [2.24, 2.45) is 0 Å². The molecule has 0 spiro atoms. The zero-order valence-electron chi connectivity index (χ0n) is 7.94. The maximum atomic E-state index is 10.8. The summed E-state index contributed by atoms with van der Waals surface area (Å²) in [5.74, 6) is -0.707. The molecule has 0 aliphatic heterocycles. The van der Waals surface area contributed by atoms with Crippen LogP contribution in [0.3, 0.4) is 0 Å². The average molecular weight is 191 g/mol. The Labute approximate surface area is 82.8 Å². The van der Waals surface area contributed by atoms with Crippen LogP contribution in [0.25, 0.3) is 0 Å². The highest BCUT2D eigenvalue weighted by atomic mass is 16.4. The Morgan fingerprint density at radius 2 is 2.07 bits per heavy atom. The molecule has 1 fully saturated rings. The number of aliphatic carboxylic acids is 1. The summed E-state index contributed by atoms with van der Waals surface area (Å²) in [6, 6.07) is 3.87. The zero-order chi connectivity index (χ0) is 10.0. The summed E-state index contributed by atoms with van der Waals surface area (Å²) in [5.41, 5.74) is 1.02. The van der Waals surface area contributed by atoms with Crippen molar-refractivity contribution in [1.82, 2.24) is 4.98 Å². The fourth-order valence-electron chi connectivity index (χ4n) is 2.17. The minimum Gasteiger partial charge on any atom is -0.481 e. The van der Waals surface area contributed by atoms with Crippen molar-refractivity contribution >= 4 is 5.97 Å². The molecule has 1 aromatic rings. The number of carboxylic acids is 1. The lowest BCUT2D eigenvalue weighted by atomic mass is 9.63. The molecule has 14 heavy (non-hydrogen) atoms. The molecule has 1 aromatic heterocycles. The quantitative estimate of drug-likeness (QED) is 0.794. The number of rotatable bonds is 3. The van der Waals surface area contributed by atoms with Crippen LogP contribution in [0.5, 0.6) is 0 Å². The second kappa shape index (κ2) is 3.40. The third-order valence-corrected chi connectivity index (χ3v) is 3.09. The highest BCUT2D eigenvalue weighted by Gasteiger charge is 2.40. The zero-order valence-corrected chi connectivity index (χ0v) is 7.94. The lowest BCUT2D eigenvalue weighted by Gasteiger charge is -2.41. The Hall–Kier alpha value is -1.38. The summed E-state index contributed by atoms with van der Waals surface area (Å²) < 4.78 is 0. The minimum absolute atomic E-state index is 0.102. The molecular formula is C11H13NO2. The van der Waals surface area contributed by atoms with Gasteiger partial charge < -0.3 is 5.11 Å². The number of pyridine rings is 1. The topological polar surface area (TPSA) is 50.2 Å². The molecule has 74 valence electrons. The predicted octanol–water partition coefficient (Wildman–Crippen LogP) is 1.98. The van der Waals surface area contributed by atoms with E-state index in [0.717, 1.165) is 24.8 Å². The fourth-order valence-corrected chi connectivity index (χ4v) is 2.17. The Morgan fingerprint density at radius 1 is 1.43 bits per heavy atom. The molecular weight excluding hydrogens is 178 g/mol. The van der Waals surface area contributed by atoms with E-state index in [9.17, 15) is 4.79 Å². The summed E-state index contributed by atoms with van der Waals surface area (Å²) in [7, 11) is 0. The van der Waals surface area contributed by atoms with Crippen LogP contribution >= 0.6 is 0 Å². The van der Waals surface area contributed by atoms with E-state index in [1.54, 1.807) is 12.4 Å². The number of carboxylic acid groups (broad SMARTS) is 1. The van der Waals surface area contributed by atoms with Crippen LogP contribution in [-0.4, -0.2) is 16.1 Å². The first-order valence-corrected chi connectivity index (χ1v) is 4.85. The van der Waals surface area contributed by atoms with Gasteiger partial charge in [0.2, 0.25) is 0 Å². The smallest absolute Gasteiger partial charge is 0.304 e. The second-order valence-corrected chi connectivity index (χ2v) is 3.94. The van der Waals surface area contributed by atoms with Gasteiger partial charge in [-0.1, -0.05) is 6.42 Å². The van der Waals surface area contributed by atoms with Crippen molar-refractivity contribution in [3.8, 4) is 0 Å². The van der Waals surface area contributed by atoms with Crippen molar-refractivity contribution < 1.29 is 9.90 Å². The van der Waals surface area contributed by atoms with E-state index in [1.807, 2.05) is 12.1 Å². The lowest BCUT2D eigenvalue weighted by molar-refractivity contribution is -0.139. The van der Waals surface area contributed by atoms with Crippen LogP contribution in [0.1, 0.15) is 31.2 Å². The molecule has 0 unspecified atom stereocenters. The summed E-state index contributed by atoms with van der Waals surface area (Å²) in [4.78, 5) is 14.7. The molecule has 3 nitrogen and oxygen atoms in total. The predicted molar refractivity (Wildman–Crippen MR) is 52.0 cm³/mol. The van der Waals surface area contributed by atoms with Gasteiger partial charge in [0.1, 0.15) is 0 Å². The molecule has 3 heteroatoms. The molecule has 1 aliphatic carbocycles. The van der Waals surface area contributed by atoms with E-state index < -0.39 is 5.97 Å². The lowest BCUT2D eigenvalue weighted by Crippen LogP contribution is -2.36. The number of hydrogen-bond acceptors (Lipinski definition) is 2. The van der Waals surface area contributed by atoms with Crippen molar-refractivity contribution in [3.63, 3.8) is 0 Å². The maximum absolute atomic E-state index is 10.8. The van der Waals surface area contributed by atoms with Crippen LogP contribution in [0, 0.1) is 0 Å². The molecule has 0 atom stereocenters. The van der Waals surface area contributed by atoms with E-state index in [0.29, 0.717) is 0 Å². The van der Waals surface area contributed by atoms with Gasteiger partial charge in [-0.3, -0.25) is 9.78 Å². The molecule has 1 heterocycles. The highest BCUT2D eigenvalue weighted by Crippen LogP contribution is 2.46. The van der Waals surface area contributed by atoms with Gasteiger partial charge in [-0.2, -0.15) is 0 Å². The number of aromatic nitrogens is 1. The number of carbonyl (C=O) groups is 1. The van der Waals surface area contributed by atoms with Gasteiger partial charge in [0.05, 0.1) is 6.42 Å². The van der Waals surface area contributed by atoms with Crippen molar-refractivity contribution in [2.75, 3.05) is 0 Å². The summed E-state index contributed by atoms with van der Waals surface area (Å²) in [6.45, 7) is 0. The minimum atomic E-state index is -0.707. The molecule has 2 rings (SSSR count). The first-order valence-electron chi connectivity index (χ1n) is 4.85. The van der Waals surface area contributed by atoms with Gasteiger partial charge in [0.25, 0.3) is 0 Å². The SMILES string of the molecule is O=C(O)CC1(c2ccncc2)CCC1. The van der Waals surface area contributed by atoms with Crippen LogP contribution < -0.4 is 0 Å². The van der Waals surface area contributed by atoms with Crippen molar-refractivity contribution in [2.45, 2.75) is 31.1 Å². The molecule has 0 aromatic carbocycles. The van der Waals surface area contributed by atoms with Crippen LogP contribution in [0.4, 0.5) is 0 Å². The van der Waals surface area contributed by atoms with Gasteiger partial charge in [0.15, 0.2) is 0 Å². The van der Waals surface area contributed by atoms with Gasteiger partial charge in [-0.15, -0.1) is 0 Å². The fraction of sp³-hybridized carbons (Fsp3) is 0.455. The Balaban J connectivity index is 2.25. The van der Waals surface area contributed by atoms with Crippen molar-refractivity contribution in [1.29, 1.82) is 0 Å². The number of nitrogens with zero attached hydrogens (tertiary/aromatic N) is 1. The van der Waals surface area contributed by atoms with E-state index >= 15 is 0 Å². The second-order valence-electron chi connectivity index (χ2n) is 3.94. The normalized spacial score (nSPS) is 18.6. The van der Waals surface area contributed by atoms with Gasteiger partial charge >= 0.3 is 5.97 Å².